The fraction of sp³-hybridized carbons (Fsp3) is 0.200. The van der Waals surface area contributed by atoms with Gasteiger partial charge in [-0.2, -0.15) is 9.78 Å². The molecule has 1 aromatic heterocycles. The standard InChI is InChI=1S/C20H19FN2O2S/c1-13(2)25-19-18(14-4-10-17(26-3)11-5-14)12-22-23(20(19)24)16-8-6-15(21)7-9-16/h4-13H,1-3H3. The zero-order valence-electron chi connectivity index (χ0n) is 14.8. The van der Waals surface area contributed by atoms with Gasteiger partial charge in [-0.3, -0.25) is 4.79 Å². The van der Waals surface area contributed by atoms with Gasteiger partial charge in [-0.05, 0) is 62.1 Å². The van der Waals surface area contributed by atoms with Gasteiger partial charge in [-0.15, -0.1) is 11.8 Å². The lowest BCUT2D eigenvalue weighted by molar-refractivity contribution is 0.238. The Morgan fingerprint density at radius 2 is 1.73 bits per heavy atom. The molecule has 0 spiro atoms. The van der Waals surface area contributed by atoms with Gasteiger partial charge in [0.2, 0.25) is 0 Å². The largest absolute Gasteiger partial charge is 0.485 e. The molecule has 0 N–H and O–H groups in total. The number of aromatic nitrogens is 2. The molecule has 0 aliphatic rings. The van der Waals surface area contributed by atoms with Crippen LogP contribution in [0.5, 0.6) is 5.75 Å². The number of thioether (sulfide) groups is 1. The third-order valence-electron chi connectivity index (χ3n) is 3.76. The minimum atomic E-state index is -0.378. The van der Waals surface area contributed by atoms with E-state index in [2.05, 4.69) is 5.10 Å². The second kappa shape index (κ2) is 7.74. The smallest absolute Gasteiger partial charge is 0.314 e. The fourth-order valence-corrected chi connectivity index (χ4v) is 2.94. The maximum Gasteiger partial charge on any atom is 0.314 e. The maximum atomic E-state index is 13.2. The van der Waals surface area contributed by atoms with Gasteiger partial charge in [-0.1, -0.05) is 12.1 Å². The molecule has 0 aliphatic heterocycles. The fourth-order valence-electron chi connectivity index (χ4n) is 2.53. The molecule has 134 valence electrons. The summed E-state index contributed by atoms with van der Waals surface area (Å²) in [4.78, 5) is 14.1. The summed E-state index contributed by atoms with van der Waals surface area (Å²) in [5.41, 5.74) is 1.59. The minimum absolute atomic E-state index is 0.170. The van der Waals surface area contributed by atoms with Crippen LogP contribution in [0, 0.1) is 5.82 Å². The van der Waals surface area contributed by atoms with Crippen molar-refractivity contribution in [2.75, 3.05) is 6.26 Å². The quantitative estimate of drug-likeness (QED) is 0.618. The number of hydrogen-bond donors (Lipinski definition) is 0. The number of benzene rings is 2. The lowest BCUT2D eigenvalue weighted by Gasteiger charge is -2.15. The summed E-state index contributed by atoms with van der Waals surface area (Å²) in [7, 11) is 0. The van der Waals surface area contributed by atoms with E-state index >= 15 is 0 Å². The van der Waals surface area contributed by atoms with E-state index in [9.17, 15) is 9.18 Å². The molecule has 3 rings (SSSR count). The Morgan fingerprint density at radius 1 is 1.08 bits per heavy atom. The summed E-state index contributed by atoms with van der Waals surface area (Å²) in [5.74, 6) is -0.137. The van der Waals surface area contributed by atoms with Crippen LogP contribution in [0.3, 0.4) is 0 Å². The first-order valence-electron chi connectivity index (χ1n) is 8.19. The van der Waals surface area contributed by atoms with Gasteiger partial charge in [0, 0.05) is 10.5 Å². The molecule has 0 atom stereocenters. The van der Waals surface area contributed by atoms with Gasteiger partial charge >= 0.3 is 5.56 Å². The highest BCUT2D eigenvalue weighted by Gasteiger charge is 2.17. The van der Waals surface area contributed by atoms with Gasteiger partial charge in [0.15, 0.2) is 5.75 Å². The zero-order valence-corrected chi connectivity index (χ0v) is 15.6. The van der Waals surface area contributed by atoms with Crippen molar-refractivity contribution in [1.82, 2.24) is 9.78 Å². The Bertz CT molecular complexity index is 951. The molecular weight excluding hydrogens is 351 g/mol. The van der Waals surface area contributed by atoms with Crippen molar-refractivity contribution >= 4 is 11.8 Å². The van der Waals surface area contributed by atoms with E-state index in [0.29, 0.717) is 11.3 Å². The van der Waals surface area contributed by atoms with E-state index in [4.69, 9.17) is 4.74 Å². The Labute approximate surface area is 155 Å². The SMILES string of the molecule is CSc1ccc(-c2cnn(-c3ccc(F)cc3)c(=O)c2OC(C)C)cc1. The zero-order chi connectivity index (χ0) is 18.7. The molecule has 0 radical (unpaired) electrons. The van der Waals surface area contributed by atoms with Crippen LogP contribution in [0.2, 0.25) is 0 Å². The Balaban J connectivity index is 2.14. The van der Waals surface area contributed by atoms with Gasteiger partial charge in [0.25, 0.3) is 0 Å². The lowest BCUT2D eigenvalue weighted by atomic mass is 10.1. The van der Waals surface area contributed by atoms with E-state index in [-0.39, 0.29) is 23.2 Å². The molecule has 0 amide bonds. The topological polar surface area (TPSA) is 44.1 Å². The second-order valence-electron chi connectivity index (χ2n) is 5.98. The van der Waals surface area contributed by atoms with E-state index in [1.54, 1.807) is 18.0 Å². The highest BCUT2D eigenvalue weighted by atomic mass is 32.2. The summed E-state index contributed by atoms with van der Waals surface area (Å²) in [6.07, 6.45) is 3.45. The summed E-state index contributed by atoms with van der Waals surface area (Å²) in [5, 5.41) is 4.26. The molecule has 26 heavy (non-hydrogen) atoms. The van der Waals surface area contributed by atoms with Crippen LogP contribution in [0.15, 0.2) is 64.4 Å². The van der Waals surface area contributed by atoms with Crippen LogP contribution in [-0.2, 0) is 0 Å². The predicted molar refractivity (Wildman–Crippen MR) is 103 cm³/mol. The summed E-state index contributed by atoms with van der Waals surface area (Å²) in [6, 6.07) is 13.5. The molecule has 0 unspecified atom stereocenters. The lowest BCUT2D eigenvalue weighted by Crippen LogP contribution is -2.25. The van der Waals surface area contributed by atoms with E-state index < -0.39 is 0 Å². The maximum absolute atomic E-state index is 13.2. The Hall–Kier alpha value is -2.60. The molecule has 3 aromatic rings. The molecule has 0 fully saturated rings. The second-order valence-corrected chi connectivity index (χ2v) is 6.86. The van der Waals surface area contributed by atoms with Gasteiger partial charge in [-0.25, -0.2) is 4.39 Å². The monoisotopic (exact) mass is 370 g/mol. The van der Waals surface area contributed by atoms with Crippen molar-refractivity contribution in [3.8, 4) is 22.6 Å². The number of rotatable bonds is 5. The minimum Gasteiger partial charge on any atom is -0.485 e. The van der Waals surface area contributed by atoms with Crippen LogP contribution < -0.4 is 10.3 Å². The molecule has 6 heteroatoms. The van der Waals surface area contributed by atoms with Crippen LogP contribution in [0.1, 0.15) is 13.8 Å². The van der Waals surface area contributed by atoms with Crippen LogP contribution in [0.25, 0.3) is 16.8 Å². The molecule has 4 nitrogen and oxygen atoms in total. The first-order chi connectivity index (χ1) is 12.5. The third kappa shape index (κ3) is 3.80. The molecule has 1 heterocycles. The van der Waals surface area contributed by atoms with Crippen molar-refractivity contribution in [2.24, 2.45) is 0 Å². The summed E-state index contributed by atoms with van der Waals surface area (Å²) >= 11 is 1.65. The number of nitrogens with zero attached hydrogens (tertiary/aromatic N) is 2. The summed E-state index contributed by atoms with van der Waals surface area (Å²) < 4.78 is 20.2. The molecule has 0 bridgehead atoms. The van der Waals surface area contributed by atoms with Crippen molar-refractivity contribution in [3.05, 3.63) is 70.9 Å². The molecular formula is C20H19FN2O2S. The van der Waals surface area contributed by atoms with E-state index in [1.165, 1.54) is 28.9 Å². The first kappa shape index (κ1) is 18.2. The van der Waals surface area contributed by atoms with Gasteiger partial charge < -0.3 is 4.74 Å². The first-order valence-corrected chi connectivity index (χ1v) is 9.41. The third-order valence-corrected chi connectivity index (χ3v) is 4.50. The number of halogens is 1. The number of hydrogen-bond acceptors (Lipinski definition) is 4. The van der Waals surface area contributed by atoms with Crippen molar-refractivity contribution < 1.29 is 9.13 Å². The Kier molecular flexibility index (Phi) is 5.42. The van der Waals surface area contributed by atoms with Gasteiger partial charge in [0.05, 0.1) is 18.0 Å². The van der Waals surface area contributed by atoms with Crippen molar-refractivity contribution in [3.63, 3.8) is 0 Å². The summed E-state index contributed by atoms with van der Waals surface area (Å²) in [6.45, 7) is 3.73. The highest BCUT2D eigenvalue weighted by Crippen LogP contribution is 2.29. The van der Waals surface area contributed by atoms with Crippen LogP contribution >= 0.6 is 11.8 Å². The predicted octanol–water partition coefficient (Wildman–Crippen LogP) is 4.55. The molecule has 2 aromatic carbocycles. The Morgan fingerprint density at radius 3 is 2.31 bits per heavy atom. The molecule has 0 aliphatic carbocycles. The normalized spacial score (nSPS) is 11.0. The molecule has 0 saturated heterocycles. The van der Waals surface area contributed by atoms with Crippen molar-refractivity contribution in [2.45, 2.75) is 24.8 Å². The van der Waals surface area contributed by atoms with Gasteiger partial charge in [0.1, 0.15) is 5.82 Å². The van der Waals surface area contributed by atoms with Crippen LogP contribution in [0.4, 0.5) is 4.39 Å². The van der Waals surface area contributed by atoms with E-state index in [0.717, 1.165) is 10.5 Å². The highest BCUT2D eigenvalue weighted by molar-refractivity contribution is 7.98. The van der Waals surface area contributed by atoms with Crippen molar-refractivity contribution in [1.29, 1.82) is 0 Å². The molecule has 0 saturated carbocycles. The average molecular weight is 370 g/mol. The average Bonchev–Trinajstić information content (AvgIpc) is 2.64. The van der Waals surface area contributed by atoms with Crippen LogP contribution in [-0.4, -0.2) is 22.1 Å². The number of ether oxygens (including phenoxy) is 1. The van der Waals surface area contributed by atoms with E-state index in [1.807, 2.05) is 44.4 Å².